The normalized spacial score (nSPS) is 34.7. The minimum absolute atomic E-state index is 0.0872. The Balaban J connectivity index is 1.52. The lowest BCUT2D eigenvalue weighted by molar-refractivity contribution is -0.140. The number of hydrogen-bond donors (Lipinski definition) is 3. The van der Waals surface area contributed by atoms with E-state index >= 15 is 0 Å². The predicted molar refractivity (Wildman–Crippen MR) is 107 cm³/mol. The molecular weight excluding hydrogens is 370 g/mol. The first kappa shape index (κ1) is 18.8. The third-order valence-corrected chi connectivity index (χ3v) is 7.38. The molecular formula is C21H29N5O3. The molecule has 2 aliphatic carbocycles. The molecule has 2 saturated carbocycles. The van der Waals surface area contributed by atoms with Crippen molar-refractivity contribution in [1.82, 2.24) is 15.3 Å². The first-order chi connectivity index (χ1) is 13.9. The Labute approximate surface area is 170 Å². The molecule has 29 heavy (non-hydrogen) atoms. The number of nitrogens with zero attached hydrogens (tertiary/aromatic N) is 3. The first-order valence-electron chi connectivity index (χ1n) is 10.9. The summed E-state index contributed by atoms with van der Waals surface area (Å²) in [7, 11) is 0. The maximum absolute atomic E-state index is 13.6. The number of anilines is 2. The zero-order valence-corrected chi connectivity index (χ0v) is 16.9. The Morgan fingerprint density at radius 3 is 2.66 bits per heavy atom. The number of fused-ring (bicyclic) bond motifs is 1. The minimum Gasteiger partial charge on any atom is -0.388 e. The molecule has 3 heterocycles. The SMILES string of the molecule is C[C@]1(O)CCC[C@@H]1Nc1ncc2c(n1)N(C1CCCC1)C(=O)[C@]1(CCNC1=O)C2. The zero-order chi connectivity index (χ0) is 20.2. The molecule has 0 bridgehead atoms. The van der Waals surface area contributed by atoms with Crippen molar-refractivity contribution in [3.05, 3.63) is 11.8 Å². The van der Waals surface area contributed by atoms with Crippen LogP contribution in [0.5, 0.6) is 0 Å². The van der Waals surface area contributed by atoms with Crippen LogP contribution in [0.2, 0.25) is 0 Å². The van der Waals surface area contributed by atoms with Gasteiger partial charge in [-0.1, -0.05) is 12.8 Å². The molecule has 4 aliphatic rings. The van der Waals surface area contributed by atoms with Crippen LogP contribution in [0, 0.1) is 5.41 Å². The van der Waals surface area contributed by atoms with Gasteiger partial charge in [0.1, 0.15) is 11.2 Å². The Morgan fingerprint density at radius 2 is 2.00 bits per heavy atom. The van der Waals surface area contributed by atoms with Crippen LogP contribution in [0.4, 0.5) is 11.8 Å². The highest BCUT2D eigenvalue weighted by Crippen LogP contribution is 2.44. The molecule has 5 rings (SSSR count). The lowest BCUT2D eigenvalue weighted by atomic mass is 9.76. The summed E-state index contributed by atoms with van der Waals surface area (Å²) in [5, 5.41) is 16.7. The zero-order valence-electron chi connectivity index (χ0n) is 16.9. The van der Waals surface area contributed by atoms with E-state index in [1.54, 1.807) is 11.1 Å². The lowest BCUT2D eigenvalue weighted by Gasteiger charge is -2.41. The molecule has 156 valence electrons. The number of aliphatic hydroxyl groups is 1. The average Bonchev–Trinajstić information content (AvgIpc) is 3.40. The van der Waals surface area contributed by atoms with Crippen molar-refractivity contribution in [2.75, 3.05) is 16.8 Å². The number of amides is 2. The number of carbonyl (C=O) groups excluding carboxylic acids is 2. The second-order valence-electron chi connectivity index (χ2n) is 9.37. The van der Waals surface area contributed by atoms with Crippen LogP contribution in [0.3, 0.4) is 0 Å². The summed E-state index contributed by atoms with van der Waals surface area (Å²) in [4.78, 5) is 37.3. The number of rotatable bonds is 3. The van der Waals surface area contributed by atoms with E-state index in [1.165, 1.54) is 0 Å². The van der Waals surface area contributed by atoms with Gasteiger partial charge in [-0.15, -0.1) is 0 Å². The van der Waals surface area contributed by atoms with Crippen LogP contribution in [-0.2, 0) is 16.0 Å². The van der Waals surface area contributed by atoms with Crippen LogP contribution < -0.4 is 15.5 Å². The molecule has 0 unspecified atom stereocenters. The van der Waals surface area contributed by atoms with Gasteiger partial charge in [-0.3, -0.25) is 14.5 Å². The Bertz CT molecular complexity index is 851. The van der Waals surface area contributed by atoms with Crippen molar-refractivity contribution in [2.24, 2.45) is 5.41 Å². The van der Waals surface area contributed by atoms with E-state index in [0.29, 0.717) is 31.2 Å². The van der Waals surface area contributed by atoms with Gasteiger partial charge >= 0.3 is 0 Å². The molecule has 1 aromatic rings. The molecule has 3 N–H and O–H groups in total. The highest BCUT2D eigenvalue weighted by molar-refractivity contribution is 6.14. The Morgan fingerprint density at radius 1 is 1.21 bits per heavy atom. The summed E-state index contributed by atoms with van der Waals surface area (Å²) in [6.45, 7) is 2.38. The van der Waals surface area contributed by atoms with Gasteiger partial charge in [0.15, 0.2) is 0 Å². The van der Waals surface area contributed by atoms with Gasteiger partial charge in [-0.25, -0.2) is 4.98 Å². The molecule has 2 amide bonds. The van der Waals surface area contributed by atoms with Crippen molar-refractivity contribution in [3.8, 4) is 0 Å². The summed E-state index contributed by atoms with van der Waals surface area (Å²) in [6, 6.07) is -0.0177. The number of hydrogen-bond acceptors (Lipinski definition) is 6. The topological polar surface area (TPSA) is 107 Å². The van der Waals surface area contributed by atoms with Gasteiger partial charge in [0, 0.05) is 30.8 Å². The summed E-state index contributed by atoms with van der Waals surface area (Å²) in [5.41, 5.74) is -0.938. The van der Waals surface area contributed by atoms with Gasteiger partial charge in [0.05, 0.1) is 11.6 Å². The van der Waals surface area contributed by atoms with E-state index < -0.39 is 11.0 Å². The standard InChI is InChI=1S/C21H29N5O3/c1-20(29)8-4-7-15(20)24-19-23-12-13-11-21(9-10-22-17(21)27)18(28)26(16(13)25-19)14-5-2-3-6-14/h12,14-15,29H,2-11H2,1H3,(H,22,27)(H,23,24,25)/t15-,20-,21+/m0/s1. The second kappa shape index (κ2) is 6.65. The number of aromatic nitrogens is 2. The fourth-order valence-corrected chi connectivity index (χ4v) is 5.61. The predicted octanol–water partition coefficient (Wildman–Crippen LogP) is 1.53. The van der Waals surface area contributed by atoms with Crippen LogP contribution in [0.1, 0.15) is 63.9 Å². The fraction of sp³-hybridized carbons (Fsp3) is 0.714. The summed E-state index contributed by atoms with van der Waals surface area (Å²) >= 11 is 0. The number of carbonyl (C=O) groups is 2. The van der Waals surface area contributed by atoms with Crippen molar-refractivity contribution >= 4 is 23.6 Å². The van der Waals surface area contributed by atoms with Crippen molar-refractivity contribution in [2.45, 2.75) is 82.4 Å². The van der Waals surface area contributed by atoms with Gasteiger partial charge < -0.3 is 15.7 Å². The minimum atomic E-state index is -1.01. The molecule has 3 atom stereocenters. The number of nitrogens with one attached hydrogen (secondary N) is 2. The summed E-state index contributed by atoms with van der Waals surface area (Å²) in [5.74, 6) is 0.811. The molecule has 1 spiro atoms. The van der Waals surface area contributed by atoms with E-state index in [0.717, 1.165) is 50.5 Å². The molecule has 3 fully saturated rings. The van der Waals surface area contributed by atoms with Crippen LogP contribution >= 0.6 is 0 Å². The lowest BCUT2D eigenvalue weighted by Crippen LogP contribution is -2.56. The smallest absolute Gasteiger partial charge is 0.244 e. The molecule has 8 heteroatoms. The maximum Gasteiger partial charge on any atom is 0.244 e. The summed E-state index contributed by atoms with van der Waals surface area (Å²) < 4.78 is 0. The molecule has 8 nitrogen and oxygen atoms in total. The highest BCUT2D eigenvalue weighted by atomic mass is 16.3. The first-order valence-corrected chi connectivity index (χ1v) is 10.9. The van der Waals surface area contributed by atoms with Crippen LogP contribution in [0.15, 0.2) is 6.20 Å². The van der Waals surface area contributed by atoms with E-state index in [-0.39, 0.29) is 23.9 Å². The molecule has 2 aliphatic heterocycles. The maximum atomic E-state index is 13.6. The van der Waals surface area contributed by atoms with E-state index in [4.69, 9.17) is 4.98 Å². The third-order valence-electron chi connectivity index (χ3n) is 7.38. The van der Waals surface area contributed by atoms with Crippen LogP contribution in [-0.4, -0.2) is 51.1 Å². The van der Waals surface area contributed by atoms with Gasteiger partial charge in [0.25, 0.3) is 0 Å². The van der Waals surface area contributed by atoms with Gasteiger partial charge in [0.2, 0.25) is 17.8 Å². The van der Waals surface area contributed by atoms with Crippen molar-refractivity contribution in [1.29, 1.82) is 0 Å². The molecule has 0 radical (unpaired) electrons. The largest absolute Gasteiger partial charge is 0.388 e. The van der Waals surface area contributed by atoms with E-state index in [1.807, 2.05) is 6.92 Å². The van der Waals surface area contributed by atoms with Crippen molar-refractivity contribution < 1.29 is 14.7 Å². The van der Waals surface area contributed by atoms with E-state index in [2.05, 4.69) is 15.6 Å². The monoisotopic (exact) mass is 399 g/mol. The molecule has 1 saturated heterocycles. The van der Waals surface area contributed by atoms with E-state index in [9.17, 15) is 14.7 Å². The fourth-order valence-electron chi connectivity index (χ4n) is 5.61. The van der Waals surface area contributed by atoms with Crippen LogP contribution in [0.25, 0.3) is 0 Å². The molecule has 0 aromatic carbocycles. The molecule has 1 aromatic heterocycles. The highest BCUT2D eigenvalue weighted by Gasteiger charge is 2.56. The van der Waals surface area contributed by atoms with Gasteiger partial charge in [-0.2, -0.15) is 4.98 Å². The van der Waals surface area contributed by atoms with Crippen molar-refractivity contribution in [3.63, 3.8) is 0 Å². The summed E-state index contributed by atoms with van der Waals surface area (Å²) in [6.07, 6.45) is 9.27. The van der Waals surface area contributed by atoms with Gasteiger partial charge in [-0.05, 0) is 45.4 Å². The Hall–Kier alpha value is -2.22. The third kappa shape index (κ3) is 2.91. The Kier molecular flexibility index (Phi) is 4.31. The average molecular weight is 399 g/mol. The second-order valence-corrected chi connectivity index (χ2v) is 9.37. The quantitative estimate of drug-likeness (QED) is 0.666.